The maximum Gasteiger partial charge on any atom is 0.0725 e. The van der Waals surface area contributed by atoms with Crippen molar-refractivity contribution in [1.82, 2.24) is 20.3 Å². The maximum absolute atomic E-state index is 3.88. The minimum atomic E-state index is 0.632. The second kappa shape index (κ2) is 4.21. The molecule has 0 saturated carbocycles. The Morgan fingerprint density at radius 1 is 1.67 bits per heavy atom. The third-order valence-electron chi connectivity index (χ3n) is 1.92. The van der Waals surface area contributed by atoms with Gasteiger partial charge in [0.05, 0.1) is 11.9 Å². The number of nitrogens with zero attached hydrogens (tertiary/aromatic N) is 3. The second-order valence-corrected chi connectivity index (χ2v) is 3.22. The lowest BCUT2D eigenvalue weighted by Gasteiger charge is -2.09. The lowest BCUT2D eigenvalue weighted by atomic mass is 10.1. The fraction of sp³-hybridized carbons (Fsp3) is 0.750. The zero-order valence-corrected chi connectivity index (χ0v) is 7.91. The molecule has 0 saturated heterocycles. The number of hydrogen-bond acceptors (Lipinski definition) is 3. The highest BCUT2D eigenvalue weighted by molar-refractivity contribution is 4.94. The molecule has 12 heavy (non-hydrogen) atoms. The molecule has 0 aliphatic heterocycles. The number of aryl methyl sites for hydroxylation is 1. The summed E-state index contributed by atoms with van der Waals surface area (Å²) in [5.74, 6) is 0.632. The van der Waals surface area contributed by atoms with Crippen LogP contribution in [-0.4, -0.2) is 28.6 Å². The molecular formula is C8H16N4. The first-order valence-corrected chi connectivity index (χ1v) is 4.22. The van der Waals surface area contributed by atoms with Crippen LogP contribution in [0.1, 0.15) is 12.6 Å². The van der Waals surface area contributed by atoms with Crippen LogP contribution < -0.4 is 5.32 Å². The third kappa shape index (κ3) is 2.30. The minimum absolute atomic E-state index is 0.632. The van der Waals surface area contributed by atoms with E-state index in [4.69, 9.17) is 0 Å². The molecule has 1 rings (SSSR count). The van der Waals surface area contributed by atoms with Gasteiger partial charge in [0, 0.05) is 7.05 Å². The van der Waals surface area contributed by atoms with Gasteiger partial charge in [-0.05, 0) is 25.9 Å². The highest BCUT2D eigenvalue weighted by Gasteiger charge is 2.05. The van der Waals surface area contributed by atoms with E-state index in [0.717, 1.165) is 13.0 Å². The summed E-state index contributed by atoms with van der Waals surface area (Å²) in [5, 5.41) is 10.9. The second-order valence-electron chi connectivity index (χ2n) is 3.22. The summed E-state index contributed by atoms with van der Waals surface area (Å²) in [6.45, 7) is 3.24. The largest absolute Gasteiger partial charge is 0.319 e. The lowest BCUT2D eigenvalue weighted by Crippen LogP contribution is -2.19. The molecule has 4 nitrogen and oxygen atoms in total. The van der Waals surface area contributed by atoms with Gasteiger partial charge in [-0.25, -0.2) is 0 Å². The molecule has 0 amide bonds. The van der Waals surface area contributed by atoms with Crippen molar-refractivity contribution in [3.05, 3.63) is 11.9 Å². The van der Waals surface area contributed by atoms with Crippen molar-refractivity contribution in [3.63, 3.8) is 0 Å². The fourth-order valence-electron chi connectivity index (χ4n) is 1.27. The van der Waals surface area contributed by atoms with E-state index in [1.807, 2.05) is 25.0 Å². The first kappa shape index (κ1) is 9.19. The molecule has 0 spiro atoms. The number of aromatic nitrogens is 3. The Hall–Kier alpha value is -0.900. The van der Waals surface area contributed by atoms with E-state index in [-0.39, 0.29) is 0 Å². The van der Waals surface area contributed by atoms with Crippen molar-refractivity contribution < 1.29 is 0 Å². The van der Waals surface area contributed by atoms with E-state index >= 15 is 0 Å². The van der Waals surface area contributed by atoms with Gasteiger partial charge in [-0.15, -0.1) is 5.10 Å². The zero-order chi connectivity index (χ0) is 8.97. The molecule has 1 atom stereocenters. The van der Waals surface area contributed by atoms with Gasteiger partial charge in [-0.3, -0.25) is 4.68 Å². The Kier molecular flexibility index (Phi) is 3.22. The predicted molar refractivity (Wildman–Crippen MR) is 47.8 cm³/mol. The van der Waals surface area contributed by atoms with Crippen LogP contribution in [0.5, 0.6) is 0 Å². The molecule has 0 bridgehead atoms. The summed E-state index contributed by atoms with van der Waals surface area (Å²) in [6.07, 6.45) is 2.86. The van der Waals surface area contributed by atoms with Crippen molar-refractivity contribution in [1.29, 1.82) is 0 Å². The molecule has 0 fully saturated rings. The Labute approximate surface area is 73.0 Å². The minimum Gasteiger partial charge on any atom is -0.319 e. The normalized spacial score (nSPS) is 13.2. The molecule has 68 valence electrons. The Morgan fingerprint density at radius 2 is 2.42 bits per heavy atom. The van der Waals surface area contributed by atoms with Crippen LogP contribution in [0.15, 0.2) is 6.20 Å². The molecular weight excluding hydrogens is 152 g/mol. The summed E-state index contributed by atoms with van der Waals surface area (Å²) < 4.78 is 1.83. The summed E-state index contributed by atoms with van der Waals surface area (Å²) in [4.78, 5) is 0. The van der Waals surface area contributed by atoms with Gasteiger partial charge in [0.25, 0.3) is 0 Å². The number of hydrogen-bond donors (Lipinski definition) is 1. The van der Waals surface area contributed by atoms with Crippen LogP contribution >= 0.6 is 0 Å². The van der Waals surface area contributed by atoms with Crippen LogP contribution in [0.2, 0.25) is 0 Å². The van der Waals surface area contributed by atoms with Crippen molar-refractivity contribution in [2.75, 3.05) is 13.6 Å². The zero-order valence-electron chi connectivity index (χ0n) is 7.91. The van der Waals surface area contributed by atoms with Gasteiger partial charge in [-0.1, -0.05) is 12.1 Å². The maximum atomic E-state index is 3.88. The quantitative estimate of drug-likeness (QED) is 0.699. The number of nitrogens with one attached hydrogen (secondary N) is 1. The summed E-state index contributed by atoms with van der Waals surface area (Å²) in [6, 6.07) is 0. The van der Waals surface area contributed by atoms with E-state index in [0.29, 0.717) is 5.92 Å². The Bertz CT molecular complexity index is 231. The highest BCUT2D eigenvalue weighted by Crippen LogP contribution is 2.04. The Balaban J connectivity index is 2.46. The predicted octanol–water partition coefficient (Wildman–Crippen LogP) is 0.213. The Morgan fingerprint density at radius 3 is 2.92 bits per heavy atom. The van der Waals surface area contributed by atoms with Gasteiger partial charge in [0.1, 0.15) is 0 Å². The standard InChI is InChI=1S/C8H16N4/c1-7(5-9-2)4-8-6-10-11-12(8)3/h6-7,9H,4-5H2,1-3H3. The van der Waals surface area contributed by atoms with E-state index in [2.05, 4.69) is 22.6 Å². The first-order chi connectivity index (χ1) is 5.74. The van der Waals surface area contributed by atoms with E-state index < -0.39 is 0 Å². The average Bonchev–Trinajstić information content (AvgIpc) is 2.37. The van der Waals surface area contributed by atoms with Crippen molar-refractivity contribution in [2.24, 2.45) is 13.0 Å². The SMILES string of the molecule is CNCC(C)Cc1cnnn1C. The summed E-state index contributed by atoms with van der Waals surface area (Å²) >= 11 is 0. The molecule has 0 aliphatic carbocycles. The molecule has 4 heteroatoms. The molecule has 1 heterocycles. The van der Waals surface area contributed by atoms with Crippen LogP contribution in [0.25, 0.3) is 0 Å². The topological polar surface area (TPSA) is 42.7 Å². The van der Waals surface area contributed by atoms with E-state index in [1.165, 1.54) is 5.69 Å². The molecule has 1 unspecified atom stereocenters. The molecule has 1 aromatic heterocycles. The molecule has 1 aromatic rings. The van der Waals surface area contributed by atoms with Crippen molar-refractivity contribution in [2.45, 2.75) is 13.3 Å². The van der Waals surface area contributed by atoms with Gasteiger partial charge in [0.2, 0.25) is 0 Å². The smallest absolute Gasteiger partial charge is 0.0725 e. The van der Waals surface area contributed by atoms with E-state index in [1.54, 1.807) is 0 Å². The van der Waals surface area contributed by atoms with Gasteiger partial charge >= 0.3 is 0 Å². The molecule has 1 N–H and O–H groups in total. The molecule has 0 aliphatic rings. The van der Waals surface area contributed by atoms with Crippen molar-refractivity contribution in [3.8, 4) is 0 Å². The van der Waals surface area contributed by atoms with Gasteiger partial charge < -0.3 is 5.32 Å². The summed E-state index contributed by atoms with van der Waals surface area (Å²) in [7, 11) is 3.90. The van der Waals surface area contributed by atoms with Crippen LogP contribution in [0.3, 0.4) is 0 Å². The monoisotopic (exact) mass is 168 g/mol. The molecule has 0 radical (unpaired) electrons. The van der Waals surface area contributed by atoms with Crippen molar-refractivity contribution >= 4 is 0 Å². The van der Waals surface area contributed by atoms with Gasteiger partial charge in [0.15, 0.2) is 0 Å². The van der Waals surface area contributed by atoms with E-state index in [9.17, 15) is 0 Å². The molecule has 0 aromatic carbocycles. The first-order valence-electron chi connectivity index (χ1n) is 4.22. The van der Waals surface area contributed by atoms with Crippen LogP contribution in [0, 0.1) is 5.92 Å². The third-order valence-corrected chi connectivity index (χ3v) is 1.92. The number of rotatable bonds is 4. The highest BCUT2D eigenvalue weighted by atomic mass is 15.4. The van der Waals surface area contributed by atoms with Gasteiger partial charge in [-0.2, -0.15) is 0 Å². The average molecular weight is 168 g/mol. The van der Waals surface area contributed by atoms with Crippen LogP contribution in [-0.2, 0) is 13.5 Å². The summed E-state index contributed by atoms with van der Waals surface area (Å²) in [5.41, 5.74) is 1.19. The lowest BCUT2D eigenvalue weighted by molar-refractivity contribution is 0.519. The fourth-order valence-corrected chi connectivity index (χ4v) is 1.27. The van der Waals surface area contributed by atoms with Crippen LogP contribution in [0.4, 0.5) is 0 Å².